The van der Waals surface area contributed by atoms with E-state index in [1.807, 2.05) is 44.2 Å². The van der Waals surface area contributed by atoms with Gasteiger partial charge in [0.15, 0.2) is 5.78 Å². The molecule has 1 aliphatic rings. The second kappa shape index (κ2) is 14.8. The number of Topliss-reactive ketones (excluding diaryl/α,β-unsaturated/α-hetero) is 1. The van der Waals surface area contributed by atoms with Gasteiger partial charge in [-0.2, -0.15) is 0 Å². The van der Waals surface area contributed by atoms with Gasteiger partial charge in [-0.05, 0) is 64.4 Å². The molecule has 10 nitrogen and oxygen atoms in total. The molecule has 1 aromatic carbocycles. The lowest BCUT2D eigenvalue weighted by atomic mass is 9.95. The van der Waals surface area contributed by atoms with Gasteiger partial charge in [0.2, 0.25) is 15.9 Å². The molecule has 0 bridgehead atoms. The molecule has 1 aliphatic heterocycles. The predicted octanol–water partition coefficient (Wildman–Crippen LogP) is 2.65. The number of aliphatic hydroxyl groups is 1. The second-order valence-electron chi connectivity index (χ2n) is 11.7. The van der Waals surface area contributed by atoms with Crippen molar-refractivity contribution in [3.63, 3.8) is 0 Å². The van der Waals surface area contributed by atoms with Crippen molar-refractivity contribution in [1.29, 1.82) is 0 Å². The molecule has 1 fully saturated rings. The van der Waals surface area contributed by atoms with Crippen LogP contribution in [0.4, 0.5) is 4.79 Å². The fourth-order valence-electron chi connectivity index (χ4n) is 4.59. The summed E-state index contributed by atoms with van der Waals surface area (Å²) in [5.41, 5.74) is 0.354. The average molecular weight is 568 g/mol. The Kier molecular flexibility index (Phi) is 12.4. The maximum atomic E-state index is 13.1. The van der Waals surface area contributed by atoms with Gasteiger partial charge in [0, 0.05) is 25.0 Å². The number of nitrogens with one attached hydrogen (secondary N) is 2. The zero-order valence-electron chi connectivity index (χ0n) is 23.8. The highest BCUT2D eigenvalue weighted by molar-refractivity contribution is 7.89. The first-order valence-corrected chi connectivity index (χ1v) is 15.3. The quantitative estimate of drug-likeness (QED) is 0.333. The number of aryl methyl sites for hydroxylation is 1. The minimum atomic E-state index is -3.96. The van der Waals surface area contributed by atoms with Gasteiger partial charge in [0.25, 0.3) is 0 Å². The van der Waals surface area contributed by atoms with Gasteiger partial charge in [0.05, 0.1) is 11.8 Å². The third kappa shape index (κ3) is 12.0. The fourth-order valence-corrected chi connectivity index (χ4v) is 6.12. The maximum absolute atomic E-state index is 13.1. The molecule has 1 aromatic rings. The Morgan fingerprint density at radius 3 is 2.26 bits per heavy atom. The Hall–Kier alpha value is -2.50. The van der Waals surface area contributed by atoms with Gasteiger partial charge >= 0.3 is 6.09 Å². The van der Waals surface area contributed by atoms with E-state index in [1.165, 1.54) is 0 Å². The highest BCUT2D eigenvalue weighted by Gasteiger charge is 2.32. The van der Waals surface area contributed by atoms with E-state index in [0.29, 0.717) is 38.8 Å². The first-order chi connectivity index (χ1) is 18.2. The number of hydrogen-bond acceptors (Lipinski definition) is 7. The van der Waals surface area contributed by atoms with E-state index in [2.05, 4.69) is 10.0 Å². The SMILES string of the molecule is CC(C)CC(CS(=O)(=O)NC(CCc1ccccc1)C(=O)CO)NC(=O)C1CCN(C(=O)OC(C)(C)C)CC1. The standard InChI is InChI=1S/C28H45N3O7S/c1-20(2)17-23(29-26(34)22-13-15-31(16-14-22)27(35)38-28(3,4)5)19-39(36,37)30-24(25(33)18-32)12-11-21-9-7-6-8-10-21/h6-10,20,22-24,30,32H,11-19H2,1-5H3,(H,29,34). The molecule has 0 saturated carbocycles. The average Bonchev–Trinajstić information content (AvgIpc) is 2.85. The number of ketones is 1. The lowest BCUT2D eigenvalue weighted by molar-refractivity contribution is -0.127. The Morgan fingerprint density at radius 2 is 1.72 bits per heavy atom. The highest BCUT2D eigenvalue weighted by Crippen LogP contribution is 2.21. The van der Waals surface area contributed by atoms with Gasteiger partial charge < -0.3 is 20.1 Å². The summed E-state index contributed by atoms with van der Waals surface area (Å²) in [5, 5.41) is 12.3. The molecule has 11 heteroatoms. The molecular formula is C28H45N3O7S. The molecule has 220 valence electrons. The Labute approximate surface area is 232 Å². The number of likely N-dealkylation sites (tertiary alicyclic amines) is 1. The summed E-state index contributed by atoms with van der Waals surface area (Å²) in [7, 11) is -3.96. The number of sulfonamides is 1. The van der Waals surface area contributed by atoms with Crippen molar-refractivity contribution in [2.75, 3.05) is 25.4 Å². The van der Waals surface area contributed by atoms with E-state index in [4.69, 9.17) is 4.74 Å². The summed E-state index contributed by atoms with van der Waals surface area (Å²) < 4.78 is 34.1. The molecule has 2 amide bonds. The summed E-state index contributed by atoms with van der Waals surface area (Å²) in [6.45, 7) is 9.28. The lowest BCUT2D eigenvalue weighted by Crippen LogP contribution is -2.50. The van der Waals surface area contributed by atoms with Crippen molar-refractivity contribution in [1.82, 2.24) is 14.9 Å². The molecule has 1 heterocycles. The van der Waals surface area contributed by atoms with Crippen LogP contribution < -0.4 is 10.0 Å². The lowest BCUT2D eigenvalue weighted by Gasteiger charge is -2.33. The van der Waals surface area contributed by atoms with E-state index < -0.39 is 46.2 Å². The molecule has 0 aromatic heterocycles. The number of piperidine rings is 1. The van der Waals surface area contributed by atoms with Crippen molar-refractivity contribution in [3.05, 3.63) is 35.9 Å². The summed E-state index contributed by atoms with van der Waals surface area (Å²) in [5.74, 6) is -1.45. The molecule has 2 atom stereocenters. The monoisotopic (exact) mass is 567 g/mol. The first kappa shape index (κ1) is 32.7. The van der Waals surface area contributed by atoms with E-state index in [0.717, 1.165) is 5.56 Å². The Balaban J connectivity index is 1.99. The van der Waals surface area contributed by atoms with Crippen LogP contribution >= 0.6 is 0 Å². The minimum absolute atomic E-state index is 0.118. The molecule has 2 rings (SSSR count). The van der Waals surface area contributed by atoms with E-state index in [1.54, 1.807) is 25.7 Å². The summed E-state index contributed by atoms with van der Waals surface area (Å²) in [6.07, 6.45) is 1.61. The number of carbonyl (C=O) groups is 3. The topological polar surface area (TPSA) is 142 Å². The van der Waals surface area contributed by atoms with Crippen molar-refractivity contribution < 1.29 is 32.6 Å². The van der Waals surface area contributed by atoms with E-state index >= 15 is 0 Å². The number of aliphatic hydroxyl groups excluding tert-OH is 1. The zero-order chi connectivity index (χ0) is 29.2. The molecule has 2 unspecified atom stereocenters. The molecule has 39 heavy (non-hydrogen) atoms. The van der Waals surface area contributed by atoms with Crippen LogP contribution in [-0.2, 0) is 30.8 Å². The van der Waals surface area contributed by atoms with Crippen LogP contribution in [0, 0.1) is 11.8 Å². The van der Waals surface area contributed by atoms with Crippen molar-refractivity contribution in [3.8, 4) is 0 Å². The normalized spacial score (nSPS) is 16.5. The predicted molar refractivity (Wildman–Crippen MR) is 149 cm³/mol. The molecule has 3 N–H and O–H groups in total. The van der Waals surface area contributed by atoms with Crippen LogP contribution in [0.5, 0.6) is 0 Å². The number of nitrogens with zero attached hydrogens (tertiary/aromatic N) is 1. The Morgan fingerprint density at radius 1 is 1.10 bits per heavy atom. The van der Waals surface area contributed by atoms with Crippen molar-refractivity contribution in [2.45, 2.75) is 84.4 Å². The number of ether oxygens (including phenoxy) is 1. The van der Waals surface area contributed by atoms with Crippen LogP contribution in [0.2, 0.25) is 0 Å². The molecule has 1 saturated heterocycles. The zero-order valence-corrected chi connectivity index (χ0v) is 24.6. The van der Waals surface area contributed by atoms with Crippen LogP contribution in [0.1, 0.15) is 65.9 Å². The van der Waals surface area contributed by atoms with Crippen LogP contribution in [0.3, 0.4) is 0 Å². The number of hydrogen-bond donors (Lipinski definition) is 3. The Bertz CT molecular complexity index is 1050. The summed E-state index contributed by atoms with van der Waals surface area (Å²) in [6, 6.07) is 7.66. The molecule has 0 aliphatic carbocycles. The van der Waals surface area contributed by atoms with Crippen LogP contribution in [-0.4, -0.2) is 79.3 Å². The number of rotatable bonds is 13. The minimum Gasteiger partial charge on any atom is -0.444 e. The van der Waals surface area contributed by atoms with E-state index in [9.17, 15) is 27.9 Å². The van der Waals surface area contributed by atoms with Crippen molar-refractivity contribution in [2.24, 2.45) is 11.8 Å². The number of benzene rings is 1. The number of amides is 2. The second-order valence-corrected chi connectivity index (χ2v) is 13.5. The van der Waals surface area contributed by atoms with Crippen LogP contribution in [0.25, 0.3) is 0 Å². The highest BCUT2D eigenvalue weighted by atomic mass is 32.2. The summed E-state index contributed by atoms with van der Waals surface area (Å²) in [4.78, 5) is 39.3. The van der Waals surface area contributed by atoms with Gasteiger partial charge in [-0.3, -0.25) is 9.59 Å². The fraction of sp³-hybridized carbons (Fsp3) is 0.679. The van der Waals surface area contributed by atoms with Gasteiger partial charge in [-0.25, -0.2) is 17.9 Å². The van der Waals surface area contributed by atoms with Crippen molar-refractivity contribution >= 4 is 27.8 Å². The maximum Gasteiger partial charge on any atom is 0.410 e. The third-order valence-corrected chi connectivity index (χ3v) is 7.96. The molecular weight excluding hydrogens is 522 g/mol. The number of carbonyl (C=O) groups excluding carboxylic acids is 3. The van der Waals surface area contributed by atoms with Gasteiger partial charge in [-0.15, -0.1) is 0 Å². The summed E-state index contributed by atoms with van der Waals surface area (Å²) >= 11 is 0. The largest absolute Gasteiger partial charge is 0.444 e. The van der Waals surface area contributed by atoms with Gasteiger partial charge in [0.1, 0.15) is 12.2 Å². The first-order valence-electron chi connectivity index (χ1n) is 13.6. The smallest absolute Gasteiger partial charge is 0.410 e. The van der Waals surface area contributed by atoms with E-state index in [-0.39, 0.29) is 29.9 Å². The third-order valence-electron chi connectivity index (χ3n) is 6.47. The van der Waals surface area contributed by atoms with Crippen LogP contribution in [0.15, 0.2) is 30.3 Å². The van der Waals surface area contributed by atoms with Gasteiger partial charge in [-0.1, -0.05) is 44.2 Å². The molecule has 0 spiro atoms. The molecule has 0 radical (unpaired) electrons.